The number of benzene rings is 2. The van der Waals surface area contributed by atoms with Crippen molar-refractivity contribution in [2.24, 2.45) is 7.05 Å². The molecule has 2 heterocycles. The van der Waals surface area contributed by atoms with Crippen LogP contribution in [0.25, 0.3) is 10.9 Å². The number of phenolic OH excluding ortho intramolecular Hbond substituents is 1. The third-order valence-corrected chi connectivity index (χ3v) is 7.63. The highest BCUT2D eigenvalue weighted by atomic mass is 79.9. The number of nitrogens with zero attached hydrogens (tertiary/aromatic N) is 2. The van der Waals surface area contributed by atoms with Crippen molar-refractivity contribution in [2.75, 3.05) is 47.1 Å². The topological polar surface area (TPSA) is 99.5 Å². The molecule has 37 heavy (non-hydrogen) atoms. The number of rotatable bonds is 8. The van der Waals surface area contributed by atoms with Crippen LogP contribution in [-0.4, -0.2) is 76.7 Å². The molecule has 0 radical (unpaired) electrons. The predicted octanol–water partition coefficient (Wildman–Crippen LogP) is 3.45. The van der Waals surface area contributed by atoms with Gasteiger partial charge >= 0.3 is 5.97 Å². The first kappa shape index (κ1) is 27.2. The summed E-state index contributed by atoms with van der Waals surface area (Å²) in [7, 11) is 4.84. The van der Waals surface area contributed by atoms with Crippen LogP contribution < -0.4 is 9.47 Å². The SMILES string of the molecule is CCOC(=O)c1c(C(=S=O)c2ccc(OC)c(OC)c2)n(C)c2cc(Br)c(O)c(CN3CCOCC3)c12. The van der Waals surface area contributed by atoms with Gasteiger partial charge in [-0.15, -0.1) is 0 Å². The molecule has 1 saturated heterocycles. The molecule has 0 saturated carbocycles. The van der Waals surface area contributed by atoms with Gasteiger partial charge in [-0.3, -0.25) is 4.90 Å². The molecule has 0 unspecified atom stereocenters. The second kappa shape index (κ2) is 11.7. The Morgan fingerprint density at radius 1 is 1.16 bits per heavy atom. The quantitative estimate of drug-likeness (QED) is 0.241. The van der Waals surface area contributed by atoms with Gasteiger partial charge in [0.1, 0.15) is 5.75 Å². The van der Waals surface area contributed by atoms with E-state index in [2.05, 4.69) is 20.8 Å². The number of fused-ring (bicyclic) bond motifs is 1. The number of hydrogen-bond acceptors (Lipinski definition) is 8. The summed E-state index contributed by atoms with van der Waals surface area (Å²) < 4.78 is 36.7. The zero-order valence-electron chi connectivity index (χ0n) is 21.1. The fourth-order valence-electron chi connectivity index (χ4n) is 4.63. The van der Waals surface area contributed by atoms with Gasteiger partial charge in [-0.25, -0.2) is 9.00 Å². The molecule has 9 nitrogen and oxygen atoms in total. The minimum absolute atomic E-state index is 0.0455. The lowest BCUT2D eigenvalue weighted by molar-refractivity contribution is 0.0340. The molecular weight excluding hydrogens is 564 g/mol. The predicted molar refractivity (Wildman–Crippen MR) is 145 cm³/mol. The first-order valence-corrected chi connectivity index (χ1v) is 13.3. The maximum Gasteiger partial charge on any atom is 0.341 e. The van der Waals surface area contributed by atoms with Gasteiger partial charge in [0.25, 0.3) is 0 Å². The molecule has 1 aliphatic heterocycles. The Balaban J connectivity index is 2.02. The van der Waals surface area contributed by atoms with Crippen LogP contribution in [0.4, 0.5) is 0 Å². The number of hydrogen-bond donors (Lipinski definition) is 1. The van der Waals surface area contributed by atoms with E-state index in [-0.39, 0.29) is 29.2 Å². The Hall–Kier alpha value is -2.86. The summed E-state index contributed by atoms with van der Waals surface area (Å²) in [5, 5.41) is 11.7. The van der Waals surface area contributed by atoms with Crippen molar-refractivity contribution < 1.29 is 33.1 Å². The first-order chi connectivity index (χ1) is 17.9. The summed E-state index contributed by atoms with van der Waals surface area (Å²) >= 11 is 3.75. The third kappa shape index (κ3) is 5.13. The van der Waals surface area contributed by atoms with Crippen LogP contribution in [0.2, 0.25) is 0 Å². The maximum absolute atomic E-state index is 13.5. The summed E-state index contributed by atoms with van der Waals surface area (Å²) in [5.41, 5.74) is 2.46. The van der Waals surface area contributed by atoms with E-state index in [1.165, 1.54) is 14.2 Å². The molecule has 0 spiro atoms. The van der Waals surface area contributed by atoms with Crippen molar-refractivity contribution in [1.29, 1.82) is 0 Å². The van der Waals surface area contributed by atoms with E-state index in [1.54, 1.807) is 42.8 Å². The van der Waals surface area contributed by atoms with Crippen LogP contribution in [-0.2, 0) is 34.3 Å². The standard InChI is InChI=1S/C26H29BrN2O7S/c1-5-36-26(31)22-21-16(14-29-8-10-35-11-9-29)24(30)17(27)13-18(21)28(2)23(22)25(37-32)15-6-7-19(33-3)20(12-15)34-4/h6-7,12-13,30H,5,8-11,14H2,1-4H3. The van der Waals surface area contributed by atoms with Crippen molar-refractivity contribution in [3.63, 3.8) is 0 Å². The van der Waals surface area contributed by atoms with Crippen LogP contribution in [0.15, 0.2) is 28.7 Å². The largest absolute Gasteiger partial charge is 0.506 e. The Bertz CT molecular complexity index is 1390. The normalized spacial score (nSPS) is 14.0. The number of carbonyl (C=O) groups is 1. The van der Waals surface area contributed by atoms with E-state index in [0.29, 0.717) is 81.4 Å². The molecule has 0 bridgehead atoms. The molecule has 4 rings (SSSR count). The van der Waals surface area contributed by atoms with Gasteiger partial charge in [-0.2, -0.15) is 0 Å². The molecule has 0 aliphatic carbocycles. The molecule has 1 aromatic heterocycles. The van der Waals surface area contributed by atoms with Gasteiger partial charge in [0, 0.05) is 43.2 Å². The summed E-state index contributed by atoms with van der Waals surface area (Å²) in [4.78, 5) is 16.0. The van der Waals surface area contributed by atoms with Crippen molar-refractivity contribution in [2.45, 2.75) is 13.5 Å². The summed E-state index contributed by atoms with van der Waals surface area (Å²) in [6.45, 7) is 4.86. The highest BCUT2D eigenvalue weighted by molar-refractivity contribution is 9.10. The van der Waals surface area contributed by atoms with Crippen molar-refractivity contribution in [3.05, 3.63) is 51.1 Å². The van der Waals surface area contributed by atoms with E-state index < -0.39 is 5.97 Å². The number of aryl methyl sites for hydroxylation is 1. The molecule has 3 aromatic rings. The Morgan fingerprint density at radius 3 is 2.49 bits per heavy atom. The second-order valence-electron chi connectivity index (χ2n) is 8.45. The molecule has 0 atom stereocenters. The number of aromatic hydroxyl groups is 1. The smallest absolute Gasteiger partial charge is 0.341 e. The van der Waals surface area contributed by atoms with E-state index in [1.807, 2.05) is 0 Å². The number of phenols is 1. The molecule has 2 aromatic carbocycles. The van der Waals surface area contributed by atoms with Crippen LogP contribution in [0.1, 0.15) is 34.1 Å². The number of esters is 1. The van der Waals surface area contributed by atoms with Crippen LogP contribution in [0.3, 0.4) is 0 Å². The highest BCUT2D eigenvalue weighted by Gasteiger charge is 2.31. The maximum atomic E-state index is 13.5. The van der Waals surface area contributed by atoms with E-state index >= 15 is 0 Å². The van der Waals surface area contributed by atoms with Gasteiger partial charge in [-0.05, 0) is 47.1 Å². The molecule has 1 N–H and O–H groups in total. The van der Waals surface area contributed by atoms with Crippen molar-refractivity contribution in [1.82, 2.24) is 9.47 Å². The number of morpholine rings is 1. The monoisotopic (exact) mass is 592 g/mol. The Labute approximate surface area is 227 Å². The average molecular weight is 593 g/mol. The van der Waals surface area contributed by atoms with E-state index in [4.69, 9.17) is 18.9 Å². The molecule has 1 fully saturated rings. The van der Waals surface area contributed by atoms with Gasteiger partial charge in [0.15, 0.2) is 11.5 Å². The molecule has 11 heteroatoms. The lowest BCUT2D eigenvalue weighted by Crippen LogP contribution is -2.35. The van der Waals surface area contributed by atoms with Crippen molar-refractivity contribution >= 4 is 48.9 Å². The van der Waals surface area contributed by atoms with Gasteiger partial charge in [0.05, 0.1) is 71.4 Å². The fourth-order valence-corrected chi connectivity index (χ4v) is 5.63. The summed E-state index contributed by atoms with van der Waals surface area (Å²) in [6.07, 6.45) is 0. The van der Waals surface area contributed by atoms with E-state index in [9.17, 15) is 14.1 Å². The third-order valence-electron chi connectivity index (χ3n) is 6.43. The summed E-state index contributed by atoms with van der Waals surface area (Å²) in [5.74, 6) is 0.450. The molecule has 1 aliphatic rings. The number of carbonyl (C=O) groups excluding carboxylic acids is 1. The number of halogens is 1. The number of aromatic nitrogens is 1. The Morgan fingerprint density at radius 2 is 1.86 bits per heavy atom. The van der Waals surface area contributed by atoms with Crippen molar-refractivity contribution in [3.8, 4) is 17.2 Å². The minimum atomic E-state index is -0.569. The highest BCUT2D eigenvalue weighted by Crippen LogP contribution is 2.41. The number of ether oxygens (including phenoxy) is 4. The molecule has 0 amide bonds. The van der Waals surface area contributed by atoms with Gasteiger partial charge in [-0.1, -0.05) is 0 Å². The van der Waals surface area contributed by atoms with Crippen LogP contribution in [0.5, 0.6) is 17.2 Å². The molecule has 198 valence electrons. The fraction of sp³-hybridized carbons (Fsp3) is 0.385. The first-order valence-electron chi connectivity index (χ1n) is 11.8. The lowest BCUT2D eigenvalue weighted by Gasteiger charge is -2.27. The second-order valence-corrected chi connectivity index (χ2v) is 9.88. The zero-order valence-corrected chi connectivity index (χ0v) is 23.5. The minimum Gasteiger partial charge on any atom is -0.506 e. The average Bonchev–Trinajstić information content (AvgIpc) is 3.19. The molecular formula is C26H29BrN2O7S. The van der Waals surface area contributed by atoms with Crippen LogP contribution >= 0.6 is 15.9 Å². The van der Waals surface area contributed by atoms with Gasteiger partial charge < -0.3 is 28.6 Å². The summed E-state index contributed by atoms with van der Waals surface area (Å²) in [6, 6.07) is 6.91. The van der Waals surface area contributed by atoms with Crippen LogP contribution in [0, 0.1) is 0 Å². The zero-order chi connectivity index (χ0) is 26.7. The Kier molecular flexibility index (Phi) is 8.58. The van der Waals surface area contributed by atoms with E-state index in [0.717, 1.165) is 0 Å². The van der Waals surface area contributed by atoms with Gasteiger partial charge in [0.2, 0.25) is 0 Å². The number of methoxy groups -OCH3 is 2. The lowest BCUT2D eigenvalue weighted by atomic mass is 10.00.